The zero-order chi connectivity index (χ0) is 15.8. The standard InChI is InChI=1S/C19H22N2O/c1-21(2)19(22)12-11-16-9-6-10-18(13-16)15-20-14-17-7-4-3-5-8-17/h3-13,20H,14-15H2,1-2H3. The third kappa shape index (κ3) is 5.19. The van der Waals surface area contributed by atoms with Gasteiger partial charge in [0.2, 0.25) is 5.91 Å². The Hall–Kier alpha value is -2.39. The van der Waals surface area contributed by atoms with Gasteiger partial charge in [-0.2, -0.15) is 0 Å². The van der Waals surface area contributed by atoms with Gasteiger partial charge in [-0.15, -0.1) is 0 Å². The second kappa shape index (κ2) is 8.15. The molecular formula is C19H22N2O. The van der Waals surface area contributed by atoms with Crippen molar-refractivity contribution in [3.63, 3.8) is 0 Å². The molecule has 2 aromatic rings. The Kier molecular flexibility index (Phi) is 5.92. The van der Waals surface area contributed by atoms with Crippen LogP contribution >= 0.6 is 0 Å². The van der Waals surface area contributed by atoms with Crippen molar-refractivity contribution in [3.8, 4) is 0 Å². The third-order valence-corrected chi connectivity index (χ3v) is 3.31. The lowest BCUT2D eigenvalue weighted by atomic mass is 10.1. The molecule has 0 unspecified atom stereocenters. The molecule has 0 aromatic heterocycles. The first kappa shape index (κ1) is 16.0. The second-order valence-electron chi connectivity index (χ2n) is 5.40. The van der Waals surface area contributed by atoms with Gasteiger partial charge in [0.1, 0.15) is 0 Å². The van der Waals surface area contributed by atoms with E-state index in [1.807, 2.05) is 36.4 Å². The van der Waals surface area contributed by atoms with Crippen LogP contribution < -0.4 is 5.32 Å². The molecule has 0 aliphatic heterocycles. The summed E-state index contributed by atoms with van der Waals surface area (Å²) in [5, 5.41) is 3.43. The molecule has 3 nitrogen and oxygen atoms in total. The highest BCUT2D eigenvalue weighted by molar-refractivity contribution is 5.91. The van der Waals surface area contributed by atoms with Crippen molar-refractivity contribution in [2.45, 2.75) is 13.1 Å². The molecule has 0 aliphatic carbocycles. The number of carbonyl (C=O) groups is 1. The van der Waals surface area contributed by atoms with Crippen LogP contribution in [-0.4, -0.2) is 24.9 Å². The van der Waals surface area contributed by atoms with Gasteiger partial charge in [-0.25, -0.2) is 0 Å². The minimum Gasteiger partial charge on any atom is -0.345 e. The topological polar surface area (TPSA) is 32.3 Å². The number of amides is 1. The smallest absolute Gasteiger partial charge is 0.246 e. The lowest BCUT2D eigenvalue weighted by Crippen LogP contribution is -2.18. The van der Waals surface area contributed by atoms with E-state index < -0.39 is 0 Å². The largest absolute Gasteiger partial charge is 0.345 e. The van der Waals surface area contributed by atoms with Gasteiger partial charge in [0.05, 0.1) is 0 Å². The molecular weight excluding hydrogens is 272 g/mol. The second-order valence-corrected chi connectivity index (χ2v) is 5.40. The maximum absolute atomic E-state index is 11.6. The molecule has 0 saturated carbocycles. The fourth-order valence-corrected chi connectivity index (χ4v) is 2.07. The van der Waals surface area contributed by atoms with Crippen molar-refractivity contribution in [1.82, 2.24) is 10.2 Å². The van der Waals surface area contributed by atoms with E-state index in [0.717, 1.165) is 18.7 Å². The molecule has 0 fully saturated rings. The lowest BCUT2D eigenvalue weighted by molar-refractivity contribution is -0.123. The number of benzene rings is 2. The van der Waals surface area contributed by atoms with Crippen molar-refractivity contribution in [2.75, 3.05) is 14.1 Å². The maximum Gasteiger partial charge on any atom is 0.246 e. The van der Waals surface area contributed by atoms with Crippen molar-refractivity contribution in [2.24, 2.45) is 0 Å². The third-order valence-electron chi connectivity index (χ3n) is 3.31. The molecule has 3 heteroatoms. The molecule has 2 aromatic carbocycles. The van der Waals surface area contributed by atoms with E-state index >= 15 is 0 Å². The zero-order valence-corrected chi connectivity index (χ0v) is 13.1. The van der Waals surface area contributed by atoms with E-state index in [2.05, 4.69) is 29.6 Å². The van der Waals surface area contributed by atoms with Crippen molar-refractivity contribution >= 4 is 12.0 Å². The number of rotatable bonds is 6. The Morgan fingerprint density at radius 2 is 1.68 bits per heavy atom. The van der Waals surface area contributed by atoms with Gasteiger partial charge in [-0.05, 0) is 22.8 Å². The van der Waals surface area contributed by atoms with E-state index in [9.17, 15) is 4.79 Å². The first-order valence-electron chi connectivity index (χ1n) is 7.38. The average molecular weight is 294 g/mol. The zero-order valence-electron chi connectivity index (χ0n) is 13.1. The molecule has 0 radical (unpaired) electrons. The summed E-state index contributed by atoms with van der Waals surface area (Å²) in [7, 11) is 3.49. The number of hydrogen-bond acceptors (Lipinski definition) is 2. The number of likely N-dealkylation sites (N-methyl/N-ethyl adjacent to an activating group) is 1. The quantitative estimate of drug-likeness (QED) is 0.830. The van der Waals surface area contributed by atoms with E-state index in [4.69, 9.17) is 0 Å². The summed E-state index contributed by atoms with van der Waals surface area (Å²) in [5.41, 5.74) is 3.51. The number of carbonyl (C=O) groups excluding carboxylic acids is 1. The van der Waals surface area contributed by atoms with Crippen LogP contribution in [0.5, 0.6) is 0 Å². The SMILES string of the molecule is CN(C)C(=O)C=Cc1cccc(CNCc2ccccc2)c1. The van der Waals surface area contributed by atoms with Crippen molar-refractivity contribution in [1.29, 1.82) is 0 Å². The molecule has 0 aliphatic rings. The van der Waals surface area contributed by atoms with Crippen LogP contribution in [0.3, 0.4) is 0 Å². The first-order valence-corrected chi connectivity index (χ1v) is 7.38. The minimum absolute atomic E-state index is 0.00685. The van der Waals surface area contributed by atoms with Gasteiger partial charge in [-0.1, -0.05) is 54.6 Å². The van der Waals surface area contributed by atoms with Crippen LogP contribution in [0.2, 0.25) is 0 Å². The number of nitrogens with one attached hydrogen (secondary N) is 1. The van der Waals surface area contributed by atoms with Crippen LogP contribution in [0.15, 0.2) is 60.7 Å². The fraction of sp³-hybridized carbons (Fsp3) is 0.211. The molecule has 0 saturated heterocycles. The molecule has 114 valence electrons. The summed E-state index contributed by atoms with van der Waals surface area (Å²) in [6.07, 6.45) is 3.44. The minimum atomic E-state index is -0.00685. The van der Waals surface area contributed by atoms with E-state index in [1.54, 1.807) is 25.1 Å². The first-order chi connectivity index (χ1) is 10.6. The summed E-state index contributed by atoms with van der Waals surface area (Å²) in [5.74, 6) is -0.00685. The molecule has 0 spiro atoms. The maximum atomic E-state index is 11.6. The van der Waals surface area contributed by atoms with Crippen LogP contribution in [0.1, 0.15) is 16.7 Å². The Bertz CT molecular complexity index is 633. The van der Waals surface area contributed by atoms with Gasteiger partial charge in [0.25, 0.3) is 0 Å². The normalized spacial score (nSPS) is 10.8. The van der Waals surface area contributed by atoms with E-state index in [0.29, 0.717) is 0 Å². The van der Waals surface area contributed by atoms with Gasteiger partial charge < -0.3 is 10.2 Å². The van der Waals surface area contributed by atoms with E-state index in [1.165, 1.54) is 11.1 Å². The van der Waals surface area contributed by atoms with Crippen molar-refractivity contribution in [3.05, 3.63) is 77.4 Å². The summed E-state index contributed by atoms with van der Waals surface area (Å²) in [4.78, 5) is 13.1. The summed E-state index contributed by atoms with van der Waals surface area (Å²) in [6, 6.07) is 18.5. The summed E-state index contributed by atoms with van der Waals surface area (Å²) < 4.78 is 0. The van der Waals surface area contributed by atoms with Gasteiger partial charge in [-0.3, -0.25) is 4.79 Å². The Labute approximate surface area is 132 Å². The van der Waals surface area contributed by atoms with Gasteiger partial charge in [0.15, 0.2) is 0 Å². The van der Waals surface area contributed by atoms with Gasteiger partial charge >= 0.3 is 0 Å². The Balaban J connectivity index is 1.90. The molecule has 1 N–H and O–H groups in total. The molecule has 0 atom stereocenters. The predicted octanol–water partition coefficient (Wildman–Crippen LogP) is 3.08. The number of hydrogen-bond donors (Lipinski definition) is 1. The highest BCUT2D eigenvalue weighted by atomic mass is 16.2. The Morgan fingerprint density at radius 3 is 2.41 bits per heavy atom. The Morgan fingerprint density at radius 1 is 1.00 bits per heavy atom. The molecule has 1 amide bonds. The van der Waals surface area contributed by atoms with Crippen LogP contribution in [0.4, 0.5) is 0 Å². The molecule has 22 heavy (non-hydrogen) atoms. The molecule has 2 rings (SSSR count). The monoisotopic (exact) mass is 294 g/mol. The van der Waals surface area contributed by atoms with Crippen LogP contribution in [0.25, 0.3) is 6.08 Å². The summed E-state index contributed by atoms with van der Waals surface area (Å²) >= 11 is 0. The van der Waals surface area contributed by atoms with Crippen molar-refractivity contribution < 1.29 is 4.79 Å². The lowest BCUT2D eigenvalue weighted by Gasteiger charge is -2.07. The van der Waals surface area contributed by atoms with Crippen LogP contribution in [-0.2, 0) is 17.9 Å². The summed E-state index contributed by atoms with van der Waals surface area (Å²) in [6.45, 7) is 1.65. The highest BCUT2D eigenvalue weighted by Gasteiger charge is 1.98. The fourth-order valence-electron chi connectivity index (χ4n) is 2.07. The molecule has 0 bridgehead atoms. The van der Waals surface area contributed by atoms with Crippen LogP contribution in [0, 0.1) is 0 Å². The van der Waals surface area contributed by atoms with E-state index in [-0.39, 0.29) is 5.91 Å². The van der Waals surface area contributed by atoms with Gasteiger partial charge in [0, 0.05) is 33.3 Å². The average Bonchev–Trinajstić information content (AvgIpc) is 2.54. The highest BCUT2D eigenvalue weighted by Crippen LogP contribution is 2.08. The number of nitrogens with zero attached hydrogens (tertiary/aromatic N) is 1. The molecule has 0 heterocycles. The predicted molar refractivity (Wildman–Crippen MR) is 91.2 cm³/mol.